The molecule has 1 heterocycles. The first-order chi connectivity index (χ1) is 9.97. The van der Waals surface area contributed by atoms with Gasteiger partial charge in [-0.05, 0) is 59.0 Å². The first-order valence-corrected chi connectivity index (χ1v) is 7.36. The van der Waals surface area contributed by atoms with Gasteiger partial charge in [0.1, 0.15) is 0 Å². The number of carbonyl (C=O) groups is 1. The van der Waals surface area contributed by atoms with E-state index in [-0.39, 0.29) is 11.3 Å². The molecule has 7 heteroatoms. The van der Waals surface area contributed by atoms with Crippen LogP contribution in [-0.4, -0.2) is 20.6 Å². The van der Waals surface area contributed by atoms with E-state index in [1.54, 1.807) is 24.3 Å². The van der Waals surface area contributed by atoms with Crippen molar-refractivity contribution >= 4 is 51.2 Å². The fraction of sp³-hybridized carbons (Fsp3) is 0. The fourth-order valence-electron chi connectivity index (χ4n) is 2.15. The van der Waals surface area contributed by atoms with E-state index in [0.29, 0.717) is 21.7 Å². The quantitative estimate of drug-likeness (QED) is 0.632. The van der Waals surface area contributed by atoms with Crippen LogP contribution in [0.2, 0.25) is 5.02 Å². The average Bonchev–Trinajstić information content (AvgIpc) is 2.74. The zero-order valence-electron chi connectivity index (χ0n) is 10.4. The van der Waals surface area contributed by atoms with Crippen molar-refractivity contribution in [1.82, 2.24) is 9.55 Å². The molecule has 5 nitrogen and oxygen atoms in total. The molecule has 2 N–H and O–H groups in total. The number of H-pyrrole nitrogens is 1. The maximum Gasteiger partial charge on any atom is 0.335 e. The van der Waals surface area contributed by atoms with E-state index in [0.717, 1.165) is 3.57 Å². The lowest BCUT2D eigenvalue weighted by Gasteiger charge is -2.06. The summed E-state index contributed by atoms with van der Waals surface area (Å²) >= 11 is 8.03. The third kappa shape index (κ3) is 2.44. The number of aromatic nitrogens is 2. The van der Waals surface area contributed by atoms with Gasteiger partial charge in [0.25, 0.3) is 0 Å². The predicted octanol–water partition coefficient (Wildman–Crippen LogP) is 3.28. The summed E-state index contributed by atoms with van der Waals surface area (Å²) in [6.45, 7) is 0. The summed E-state index contributed by atoms with van der Waals surface area (Å²) in [6, 6.07) is 9.74. The van der Waals surface area contributed by atoms with Crippen LogP contribution in [0.4, 0.5) is 0 Å². The minimum atomic E-state index is -1.04. The zero-order valence-corrected chi connectivity index (χ0v) is 13.3. The molecule has 0 fully saturated rings. The smallest absolute Gasteiger partial charge is 0.335 e. The maximum absolute atomic E-state index is 12.2. The van der Waals surface area contributed by atoms with Crippen LogP contribution in [0.5, 0.6) is 0 Å². The highest BCUT2D eigenvalue weighted by Crippen LogP contribution is 2.24. The maximum atomic E-state index is 12.2. The molecule has 0 atom stereocenters. The van der Waals surface area contributed by atoms with Crippen LogP contribution in [0.1, 0.15) is 10.4 Å². The van der Waals surface area contributed by atoms with Crippen LogP contribution in [0.15, 0.2) is 41.2 Å². The summed E-state index contributed by atoms with van der Waals surface area (Å²) in [7, 11) is 0. The standard InChI is InChI=1S/C14H8ClIN2O3/c15-8-2-4-11(9(16)6-8)18-12-3-1-7(13(19)20)5-10(12)17-14(18)21/h1-6H,(H,17,21)(H,19,20). The molecule has 2 aromatic carbocycles. The van der Waals surface area contributed by atoms with Crippen LogP contribution < -0.4 is 5.69 Å². The summed E-state index contributed by atoms with van der Waals surface area (Å²) in [5, 5.41) is 9.58. The molecule has 0 aliphatic rings. The minimum Gasteiger partial charge on any atom is -0.478 e. The summed E-state index contributed by atoms with van der Waals surface area (Å²) < 4.78 is 2.32. The molecule has 21 heavy (non-hydrogen) atoms. The molecule has 0 aliphatic carbocycles. The Labute approximate surface area is 137 Å². The molecule has 0 bridgehead atoms. The number of rotatable bonds is 2. The number of carboxylic acid groups (broad SMARTS) is 1. The Balaban J connectivity index is 2.30. The van der Waals surface area contributed by atoms with Gasteiger partial charge in [-0.25, -0.2) is 9.59 Å². The number of benzene rings is 2. The Bertz CT molecular complexity index is 930. The monoisotopic (exact) mass is 414 g/mol. The Morgan fingerprint density at radius 3 is 2.67 bits per heavy atom. The number of halogens is 2. The van der Waals surface area contributed by atoms with Crippen molar-refractivity contribution in [2.24, 2.45) is 0 Å². The summed E-state index contributed by atoms with van der Waals surface area (Å²) in [5.74, 6) is -1.04. The summed E-state index contributed by atoms with van der Waals surface area (Å²) in [4.78, 5) is 25.8. The highest BCUT2D eigenvalue weighted by molar-refractivity contribution is 14.1. The Morgan fingerprint density at radius 1 is 1.24 bits per heavy atom. The topological polar surface area (TPSA) is 75.1 Å². The van der Waals surface area contributed by atoms with E-state index in [2.05, 4.69) is 27.6 Å². The van der Waals surface area contributed by atoms with Gasteiger partial charge in [-0.15, -0.1) is 0 Å². The molecule has 3 aromatic rings. The van der Waals surface area contributed by atoms with Crippen LogP contribution in [0, 0.1) is 3.57 Å². The molecule has 1 aromatic heterocycles. The third-order valence-corrected chi connectivity index (χ3v) is 4.18. The van der Waals surface area contributed by atoms with Crippen molar-refractivity contribution in [2.75, 3.05) is 0 Å². The molecular weight excluding hydrogens is 407 g/mol. The van der Waals surface area contributed by atoms with Crippen molar-refractivity contribution in [3.05, 3.63) is 61.0 Å². The number of nitrogens with one attached hydrogen (secondary N) is 1. The van der Waals surface area contributed by atoms with E-state index in [4.69, 9.17) is 16.7 Å². The first-order valence-electron chi connectivity index (χ1n) is 5.91. The Kier molecular flexibility index (Phi) is 3.50. The lowest BCUT2D eigenvalue weighted by molar-refractivity contribution is 0.0697. The summed E-state index contributed by atoms with van der Waals surface area (Å²) in [5.41, 5.74) is 1.59. The molecule has 0 amide bonds. The lowest BCUT2D eigenvalue weighted by Crippen LogP contribution is -2.15. The number of nitrogens with zero attached hydrogens (tertiary/aromatic N) is 1. The number of hydrogen-bond acceptors (Lipinski definition) is 2. The van der Waals surface area contributed by atoms with Crippen molar-refractivity contribution in [3.63, 3.8) is 0 Å². The van der Waals surface area contributed by atoms with Gasteiger partial charge in [0, 0.05) is 8.59 Å². The SMILES string of the molecule is O=C(O)c1ccc2c(c1)[nH]c(=O)n2-c1ccc(Cl)cc1I. The molecule has 0 spiro atoms. The minimum absolute atomic E-state index is 0.127. The lowest BCUT2D eigenvalue weighted by atomic mass is 10.2. The molecule has 0 saturated carbocycles. The highest BCUT2D eigenvalue weighted by atomic mass is 127. The van der Waals surface area contributed by atoms with Crippen LogP contribution in [0.3, 0.4) is 0 Å². The van der Waals surface area contributed by atoms with E-state index in [1.165, 1.54) is 16.7 Å². The number of fused-ring (bicyclic) bond motifs is 1. The van der Waals surface area contributed by atoms with Crippen molar-refractivity contribution in [3.8, 4) is 5.69 Å². The van der Waals surface area contributed by atoms with Gasteiger partial charge >= 0.3 is 11.7 Å². The molecule has 0 unspecified atom stereocenters. The largest absolute Gasteiger partial charge is 0.478 e. The zero-order chi connectivity index (χ0) is 15.1. The number of aromatic carboxylic acids is 1. The molecule has 3 rings (SSSR count). The number of hydrogen-bond donors (Lipinski definition) is 2. The fourth-order valence-corrected chi connectivity index (χ4v) is 3.26. The molecule has 0 saturated heterocycles. The highest BCUT2D eigenvalue weighted by Gasteiger charge is 2.13. The van der Waals surface area contributed by atoms with E-state index in [9.17, 15) is 9.59 Å². The van der Waals surface area contributed by atoms with Crippen LogP contribution >= 0.6 is 34.2 Å². The number of imidazole rings is 1. The summed E-state index contributed by atoms with van der Waals surface area (Å²) in [6.07, 6.45) is 0. The van der Waals surface area contributed by atoms with Gasteiger partial charge < -0.3 is 10.1 Å². The van der Waals surface area contributed by atoms with Crippen molar-refractivity contribution in [1.29, 1.82) is 0 Å². The van der Waals surface area contributed by atoms with Gasteiger partial charge in [0.2, 0.25) is 0 Å². The molecule has 106 valence electrons. The molecule has 0 aliphatic heterocycles. The average molecular weight is 415 g/mol. The second-order valence-corrected chi connectivity index (χ2v) is 6.00. The Morgan fingerprint density at radius 2 is 2.00 bits per heavy atom. The van der Waals surface area contributed by atoms with Gasteiger partial charge in [-0.3, -0.25) is 4.57 Å². The van der Waals surface area contributed by atoms with E-state index < -0.39 is 5.97 Å². The van der Waals surface area contributed by atoms with Crippen molar-refractivity contribution < 1.29 is 9.90 Å². The Hall–Kier alpha value is -1.80. The second kappa shape index (κ2) is 5.19. The van der Waals surface area contributed by atoms with Gasteiger partial charge in [0.05, 0.1) is 22.3 Å². The van der Waals surface area contributed by atoms with Gasteiger partial charge in [-0.2, -0.15) is 0 Å². The normalized spacial score (nSPS) is 11.0. The van der Waals surface area contributed by atoms with Gasteiger partial charge in [-0.1, -0.05) is 11.6 Å². The second-order valence-electron chi connectivity index (χ2n) is 4.40. The number of carboxylic acids is 1. The van der Waals surface area contributed by atoms with Crippen molar-refractivity contribution in [2.45, 2.75) is 0 Å². The third-order valence-electron chi connectivity index (χ3n) is 3.08. The van der Waals surface area contributed by atoms with E-state index >= 15 is 0 Å². The van der Waals surface area contributed by atoms with E-state index in [1.807, 2.05) is 0 Å². The molecule has 0 radical (unpaired) electrons. The number of aromatic amines is 1. The predicted molar refractivity (Wildman–Crippen MR) is 88.6 cm³/mol. The van der Waals surface area contributed by atoms with Crippen LogP contribution in [-0.2, 0) is 0 Å². The molecular formula is C14H8ClIN2O3. The van der Waals surface area contributed by atoms with Gasteiger partial charge in [0.15, 0.2) is 0 Å². The first kappa shape index (κ1) is 14.2. The van der Waals surface area contributed by atoms with Crippen LogP contribution in [0.25, 0.3) is 16.7 Å².